The van der Waals surface area contributed by atoms with Crippen LogP contribution in [0.5, 0.6) is 11.5 Å². The van der Waals surface area contributed by atoms with Crippen LogP contribution >= 0.6 is 11.6 Å². The van der Waals surface area contributed by atoms with Gasteiger partial charge in [-0.3, -0.25) is 9.59 Å². The number of rotatable bonds is 7. The molecule has 0 saturated heterocycles. The second-order valence-corrected chi connectivity index (χ2v) is 7.42. The predicted octanol–water partition coefficient (Wildman–Crippen LogP) is 5.49. The zero-order valence-electron chi connectivity index (χ0n) is 17.6. The summed E-state index contributed by atoms with van der Waals surface area (Å²) < 4.78 is 12.5. The average Bonchev–Trinajstić information content (AvgIpc) is 3.19. The minimum absolute atomic E-state index is 0.267. The molecule has 0 radical (unpaired) electrons. The number of fused-ring (bicyclic) bond motifs is 1. The van der Waals surface area contributed by atoms with Gasteiger partial charge in [0.15, 0.2) is 0 Å². The summed E-state index contributed by atoms with van der Waals surface area (Å²) in [4.78, 5) is 26.3. The maximum absolute atomic E-state index is 13.3. The first-order valence-corrected chi connectivity index (χ1v) is 10.4. The lowest BCUT2D eigenvalue weighted by Gasteiger charge is -2.11. The van der Waals surface area contributed by atoms with Crippen LogP contribution in [0.1, 0.15) is 17.4 Å². The second kappa shape index (κ2) is 9.16. The van der Waals surface area contributed by atoms with Crippen molar-refractivity contribution >= 4 is 34.5 Å². The lowest BCUT2D eigenvalue weighted by atomic mass is 10.0. The zero-order valence-corrected chi connectivity index (χ0v) is 18.3. The zero-order chi connectivity index (χ0) is 22.7. The van der Waals surface area contributed by atoms with Crippen molar-refractivity contribution in [1.82, 2.24) is 4.40 Å². The molecule has 32 heavy (non-hydrogen) atoms. The number of pyridine rings is 1. The Kier molecular flexibility index (Phi) is 6.14. The first-order valence-electron chi connectivity index (χ1n) is 10.0. The Hall–Kier alpha value is -3.77. The van der Waals surface area contributed by atoms with Gasteiger partial charge in [-0.05, 0) is 61.0 Å². The van der Waals surface area contributed by atoms with Crippen LogP contribution < -0.4 is 14.8 Å². The van der Waals surface area contributed by atoms with Crippen molar-refractivity contribution in [3.63, 3.8) is 0 Å². The third-order valence-electron chi connectivity index (χ3n) is 4.99. The molecule has 0 saturated carbocycles. The molecule has 0 unspecified atom stereocenters. The van der Waals surface area contributed by atoms with Gasteiger partial charge < -0.3 is 19.2 Å². The van der Waals surface area contributed by atoms with Gasteiger partial charge in [0, 0.05) is 22.3 Å². The van der Waals surface area contributed by atoms with E-state index >= 15 is 0 Å². The summed E-state index contributed by atoms with van der Waals surface area (Å²) in [6, 6.07) is 19.7. The topological polar surface area (TPSA) is 69.0 Å². The number of hydrogen-bond donors (Lipinski definition) is 1. The van der Waals surface area contributed by atoms with Crippen LogP contribution in [0.3, 0.4) is 0 Å². The molecule has 0 aliphatic heterocycles. The molecular formula is C25H21ClN2O4. The van der Waals surface area contributed by atoms with Gasteiger partial charge in [-0.15, -0.1) is 0 Å². The average molecular weight is 449 g/mol. The maximum Gasteiger partial charge on any atom is 0.298 e. The number of methoxy groups -OCH3 is 1. The van der Waals surface area contributed by atoms with E-state index in [4.69, 9.17) is 21.1 Å². The van der Waals surface area contributed by atoms with Crippen molar-refractivity contribution in [2.75, 3.05) is 19.0 Å². The molecule has 0 aliphatic carbocycles. The number of hydrogen-bond acceptors (Lipinski definition) is 4. The molecule has 0 fully saturated rings. The van der Waals surface area contributed by atoms with E-state index in [1.165, 1.54) is 13.2 Å². The third-order valence-corrected chi connectivity index (χ3v) is 5.22. The fourth-order valence-corrected chi connectivity index (χ4v) is 3.71. The van der Waals surface area contributed by atoms with Crippen LogP contribution in [-0.4, -0.2) is 29.8 Å². The Morgan fingerprint density at radius 1 is 1.03 bits per heavy atom. The molecule has 4 aromatic rings. The Morgan fingerprint density at radius 3 is 2.53 bits per heavy atom. The molecular weight excluding hydrogens is 428 g/mol. The van der Waals surface area contributed by atoms with Crippen molar-refractivity contribution in [3.05, 3.63) is 83.6 Å². The lowest BCUT2D eigenvalue weighted by Crippen LogP contribution is -2.25. The summed E-state index contributed by atoms with van der Waals surface area (Å²) in [5.74, 6) is -0.329. The smallest absolute Gasteiger partial charge is 0.298 e. The minimum atomic E-state index is -0.790. The number of anilines is 1. The van der Waals surface area contributed by atoms with E-state index in [0.717, 1.165) is 16.8 Å². The van der Waals surface area contributed by atoms with E-state index < -0.39 is 11.7 Å². The SMILES string of the molecule is CCOc1ccc(-c2cc3ccccn3c2C(=O)C(=O)Nc2cc(Cl)ccc2OC)cc1. The Morgan fingerprint density at radius 2 is 1.81 bits per heavy atom. The molecule has 0 aliphatic rings. The van der Waals surface area contributed by atoms with Gasteiger partial charge in [-0.25, -0.2) is 0 Å². The van der Waals surface area contributed by atoms with E-state index in [0.29, 0.717) is 28.6 Å². The number of carbonyl (C=O) groups excluding carboxylic acids is 2. The number of ketones is 1. The fourth-order valence-electron chi connectivity index (χ4n) is 3.54. The number of amides is 1. The van der Waals surface area contributed by atoms with Crippen LogP contribution in [0.4, 0.5) is 5.69 Å². The van der Waals surface area contributed by atoms with Gasteiger partial charge in [0.1, 0.15) is 17.2 Å². The monoisotopic (exact) mass is 448 g/mol. The highest BCUT2D eigenvalue weighted by Gasteiger charge is 2.25. The molecule has 1 amide bonds. The van der Waals surface area contributed by atoms with Crippen LogP contribution in [0.2, 0.25) is 5.02 Å². The van der Waals surface area contributed by atoms with Gasteiger partial charge in [-0.2, -0.15) is 0 Å². The van der Waals surface area contributed by atoms with Crippen molar-refractivity contribution in [2.24, 2.45) is 0 Å². The molecule has 2 aromatic heterocycles. The number of halogens is 1. The van der Waals surface area contributed by atoms with E-state index in [2.05, 4.69) is 5.32 Å². The molecule has 2 aromatic carbocycles. The van der Waals surface area contributed by atoms with E-state index in [9.17, 15) is 9.59 Å². The van der Waals surface area contributed by atoms with Gasteiger partial charge in [0.05, 0.1) is 19.4 Å². The van der Waals surface area contributed by atoms with Crippen LogP contribution in [0.25, 0.3) is 16.6 Å². The van der Waals surface area contributed by atoms with Crippen LogP contribution in [0.15, 0.2) is 72.9 Å². The van der Waals surface area contributed by atoms with Gasteiger partial charge in [0.25, 0.3) is 11.7 Å². The largest absolute Gasteiger partial charge is 0.495 e. The van der Waals surface area contributed by atoms with Gasteiger partial charge in [0.2, 0.25) is 0 Å². The summed E-state index contributed by atoms with van der Waals surface area (Å²) in [5, 5.41) is 3.04. The second-order valence-electron chi connectivity index (χ2n) is 6.99. The number of Topliss-reactive ketones (excluding diaryl/α,β-unsaturated/α-hetero) is 1. The lowest BCUT2D eigenvalue weighted by molar-refractivity contribution is -0.112. The van der Waals surface area contributed by atoms with Crippen molar-refractivity contribution in [3.8, 4) is 22.6 Å². The Bertz CT molecular complexity index is 1300. The summed E-state index contributed by atoms with van der Waals surface area (Å²) in [6.45, 7) is 2.48. The first-order chi connectivity index (χ1) is 15.5. The molecule has 0 spiro atoms. The Labute approximate surface area is 190 Å². The number of ether oxygens (including phenoxy) is 2. The molecule has 2 heterocycles. The normalized spacial score (nSPS) is 10.7. The van der Waals surface area contributed by atoms with Crippen LogP contribution in [-0.2, 0) is 4.79 Å². The van der Waals surface area contributed by atoms with Gasteiger partial charge >= 0.3 is 0 Å². The fraction of sp³-hybridized carbons (Fsp3) is 0.120. The molecule has 0 atom stereocenters. The quantitative estimate of drug-likeness (QED) is 0.300. The molecule has 162 valence electrons. The van der Waals surface area contributed by atoms with Crippen LogP contribution in [0, 0.1) is 0 Å². The van der Waals surface area contributed by atoms with Crippen molar-refractivity contribution in [2.45, 2.75) is 6.92 Å². The predicted molar refractivity (Wildman–Crippen MR) is 125 cm³/mol. The van der Waals surface area contributed by atoms with Gasteiger partial charge in [-0.1, -0.05) is 29.8 Å². The molecule has 7 heteroatoms. The number of benzene rings is 2. The van der Waals surface area contributed by atoms with Crippen molar-refractivity contribution in [1.29, 1.82) is 0 Å². The third kappa shape index (κ3) is 4.18. The number of carbonyl (C=O) groups is 2. The summed E-state index contributed by atoms with van der Waals surface area (Å²) in [6.07, 6.45) is 1.76. The summed E-state index contributed by atoms with van der Waals surface area (Å²) >= 11 is 6.05. The summed E-state index contributed by atoms with van der Waals surface area (Å²) in [7, 11) is 1.48. The molecule has 4 rings (SSSR count). The van der Waals surface area contributed by atoms with Crippen molar-refractivity contribution < 1.29 is 19.1 Å². The number of nitrogens with one attached hydrogen (secondary N) is 1. The van der Waals surface area contributed by atoms with E-state index in [1.807, 2.05) is 55.5 Å². The minimum Gasteiger partial charge on any atom is -0.495 e. The standard InChI is InChI=1S/C25H21ClN2O4/c1-3-32-19-10-7-16(8-11-19)20-15-18-6-4-5-13-28(18)23(20)24(29)25(30)27-21-14-17(26)9-12-22(21)31-2/h4-15H,3H2,1-2H3,(H,27,30). The maximum atomic E-state index is 13.3. The highest BCUT2D eigenvalue weighted by Crippen LogP contribution is 2.31. The number of nitrogens with zero attached hydrogens (tertiary/aromatic N) is 1. The number of aromatic nitrogens is 1. The summed E-state index contributed by atoms with van der Waals surface area (Å²) in [5.41, 5.74) is 2.84. The Balaban J connectivity index is 1.74. The van der Waals surface area contributed by atoms with E-state index in [-0.39, 0.29) is 5.69 Å². The highest BCUT2D eigenvalue weighted by atomic mass is 35.5. The first kappa shape index (κ1) is 21.5. The molecule has 0 bridgehead atoms. The molecule has 1 N–H and O–H groups in total. The highest BCUT2D eigenvalue weighted by molar-refractivity contribution is 6.47. The molecule has 6 nitrogen and oxygen atoms in total. The van der Waals surface area contributed by atoms with E-state index in [1.54, 1.807) is 22.7 Å².